The summed E-state index contributed by atoms with van der Waals surface area (Å²) in [7, 11) is 0. The van der Waals surface area contributed by atoms with Crippen molar-refractivity contribution in [2.24, 2.45) is 0 Å². The van der Waals surface area contributed by atoms with Crippen molar-refractivity contribution < 1.29 is 0 Å². The minimum Gasteiger partial charge on any atom is -0.244 e. The van der Waals surface area contributed by atoms with Crippen molar-refractivity contribution in [2.75, 3.05) is 0 Å². The maximum Gasteiger partial charge on any atom is 0.149 e. The lowest BCUT2D eigenvalue weighted by molar-refractivity contribution is 1.17. The van der Waals surface area contributed by atoms with Gasteiger partial charge in [0.05, 0.1) is 5.52 Å². The molecule has 0 saturated carbocycles. The minimum absolute atomic E-state index is 0.309. The third-order valence-electron chi connectivity index (χ3n) is 2.78. The van der Waals surface area contributed by atoms with Crippen LogP contribution in [0, 0.1) is 11.3 Å². The molecule has 90 valence electrons. The minimum atomic E-state index is 0.309. The zero-order chi connectivity index (χ0) is 13.2. The summed E-state index contributed by atoms with van der Waals surface area (Å²) in [6, 6.07) is 11.6. The Balaban J connectivity index is 2.35. The van der Waals surface area contributed by atoms with Gasteiger partial charge in [-0.1, -0.05) is 29.8 Å². The van der Waals surface area contributed by atoms with Crippen LogP contribution in [-0.4, -0.2) is 15.0 Å². The molecule has 5 heteroatoms. The van der Waals surface area contributed by atoms with Gasteiger partial charge in [-0.3, -0.25) is 0 Å². The number of hydrogen-bond donors (Lipinski definition) is 0. The summed E-state index contributed by atoms with van der Waals surface area (Å²) in [6.45, 7) is 0. The van der Waals surface area contributed by atoms with Crippen LogP contribution in [-0.2, 0) is 0 Å². The van der Waals surface area contributed by atoms with Gasteiger partial charge in [-0.05, 0) is 12.1 Å². The summed E-state index contributed by atoms with van der Waals surface area (Å²) in [5.74, 6) is 0. The van der Waals surface area contributed by atoms with E-state index in [-0.39, 0.29) is 0 Å². The lowest BCUT2D eigenvalue weighted by Gasteiger charge is -2.06. The van der Waals surface area contributed by atoms with Gasteiger partial charge < -0.3 is 0 Å². The van der Waals surface area contributed by atoms with E-state index in [0.29, 0.717) is 22.0 Å². The Morgan fingerprint density at radius 1 is 1.16 bits per heavy atom. The molecule has 1 aromatic carbocycles. The van der Waals surface area contributed by atoms with Crippen LogP contribution in [0.4, 0.5) is 0 Å². The van der Waals surface area contributed by atoms with Gasteiger partial charge >= 0.3 is 0 Å². The van der Waals surface area contributed by atoms with Crippen LogP contribution in [0.3, 0.4) is 0 Å². The Morgan fingerprint density at radius 3 is 2.79 bits per heavy atom. The first-order valence-electron chi connectivity index (χ1n) is 5.55. The van der Waals surface area contributed by atoms with Gasteiger partial charge in [-0.2, -0.15) is 5.26 Å². The third-order valence-corrected chi connectivity index (χ3v) is 3.08. The van der Waals surface area contributed by atoms with Crippen LogP contribution in [0.15, 0.2) is 42.9 Å². The van der Waals surface area contributed by atoms with E-state index in [4.69, 9.17) is 11.6 Å². The SMILES string of the molecule is N#Cc1nc2ccccc2cc1-c1cncnc1Cl. The molecule has 19 heavy (non-hydrogen) atoms. The molecule has 0 fully saturated rings. The number of rotatable bonds is 1. The molecule has 3 aromatic rings. The van der Waals surface area contributed by atoms with E-state index >= 15 is 0 Å². The number of pyridine rings is 1. The highest BCUT2D eigenvalue weighted by molar-refractivity contribution is 6.32. The maximum absolute atomic E-state index is 9.23. The van der Waals surface area contributed by atoms with Gasteiger partial charge in [0, 0.05) is 22.7 Å². The van der Waals surface area contributed by atoms with E-state index in [1.54, 1.807) is 6.20 Å². The van der Waals surface area contributed by atoms with E-state index in [0.717, 1.165) is 10.9 Å². The number of nitrogens with zero attached hydrogens (tertiary/aromatic N) is 4. The monoisotopic (exact) mass is 266 g/mol. The molecule has 0 bridgehead atoms. The van der Waals surface area contributed by atoms with Crippen molar-refractivity contribution in [3.05, 3.63) is 53.7 Å². The number of benzene rings is 1. The molecule has 0 aliphatic carbocycles. The number of aromatic nitrogens is 3. The van der Waals surface area contributed by atoms with Crippen LogP contribution < -0.4 is 0 Å². The first-order valence-corrected chi connectivity index (χ1v) is 5.93. The highest BCUT2D eigenvalue weighted by Gasteiger charge is 2.12. The number of para-hydroxylation sites is 1. The molecule has 2 heterocycles. The Bertz CT molecular complexity index is 808. The lowest BCUT2D eigenvalue weighted by atomic mass is 10.0. The molecule has 0 radical (unpaired) electrons. The summed E-state index contributed by atoms with van der Waals surface area (Å²) in [5, 5.41) is 10.5. The van der Waals surface area contributed by atoms with Gasteiger partial charge in [0.25, 0.3) is 0 Å². The molecule has 2 aromatic heterocycles. The Labute approximate surface area is 114 Å². The second kappa shape index (κ2) is 4.63. The van der Waals surface area contributed by atoms with Gasteiger partial charge in [0.15, 0.2) is 0 Å². The van der Waals surface area contributed by atoms with Crippen LogP contribution in [0.1, 0.15) is 5.69 Å². The summed E-state index contributed by atoms with van der Waals surface area (Å²) >= 11 is 6.05. The first kappa shape index (κ1) is 11.6. The Kier molecular flexibility index (Phi) is 2.82. The molecule has 3 rings (SSSR count). The molecule has 0 amide bonds. The standard InChI is InChI=1S/C14H7ClN4/c15-14-11(7-17-8-18-14)10-5-9-3-1-2-4-12(9)19-13(10)6-16/h1-5,7-8H. The van der Waals surface area contributed by atoms with Crippen molar-refractivity contribution in [3.63, 3.8) is 0 Å². The van der Waals surface area contributed by atoms with Gasteiger partial charge in [-0.15, -0.1) is 0 Å². The Hall–Kier alpha value is -2.51. The van der Waals surface area contributed by atoms with Crippen LogP contribution in [0.25, 0.3) is 22.0 Å². The van der Waals surface area contributed by atoms with E-state index in [9.17, 15) is 5.26 Å². The summed E-state index contributed by atoms with van der Waals surface area (Å²) < 4.78 is 0. The fourth-order valence-corrected chi connectivity index (χ4v) is 2.10. The normalized spacial score (nSPS) is 10.3. The molecular formula is C14H7ClN4. The highest BCUT2D eigenvalue weighted by atomic mass is 35.5. The van der Waals surface area contributed by atoms with Crippen LogP contribution in [0.5, 0.6) is 0 Å². The van der Waals surface area contributed by atoms with E-state index in [1.165, 1.54) is 6.33 Å². The lowest BCUT2D eigenvalue weighted by Crippen LogP contribution is -1.93. The Morgan fingerprint density at radius 2 is 2.00 bits per heavy atom. The largest absolute Gasteiger partial charge is 0.244 e. The third kappa shape index (κ3) is 2.01. The zero-order valence-corrected chi connectivity index (χ0v) is 10.5. The first-order chi connectivity index (χ1) is 9.29. The average Bonchev–Trinajstić information content (AvgIpc) is 2.46. The number of nitriles is 1. The second-order valence-corrected chi connectivity index (χ2v) is 4.27. The van der Waals surface area contributed by atoms with Crippen molar-refractivity contribution in [1.29, 1.82) is 5.26 Å². The smallest absolute Gasteiger partial charge is 0.149 e. The molecule has 0 aliphatic heterocycles. The molecular weight excluding hydrogens is 260 g/mol. The molecule has 0 aliphatic rings. The quantitative estimate of drug-likeness (QED) is 0.635. The van der Waals surface area contributed by atoms with Crippen molar-refractivity contribution in [2.45, 2.75) is 0 Å². The molecule has 0 unspecified atom stereocenters. The van der Waals surface area contributed by atoms with Crippen molar-refractivity contribution in [1.82, 2.24) is 15.0 Å². The molecule has 0 N–H and O–H groups in total. The van der Waals surface area contributed by atoms with E-state index < -0.39 is 0 Å². The number of fused-ring (bicyclic) bond motifs is 1. The fraction of sp³-hybridized carbons (Fsp3) is 0. The summed E-state index contributed by atoms with van der Waals surface area (Å²) in [5.41, 5.74) is 2.34. The predicted molar refractivity (Wildman–Crippen MR) is 72.5 cm³/mol. The number of hydrogen-bond acceptors (Lipinski definition) is 4. The fourth-order valence-electron chi connectivity index (χ4n) is 1.90. The predicted octanol–water partition coefficient (Wildman–Crippen LogP) is 3.22. The van der Waals surface area contributed by atoms with E-state index in [2.05, 4.69) is 21.0 Å². The maximum atomic E-state index is 9.23. The molecule has 0 atom stereocenters. The van der Waals surface area contributed by atoms with Gasteiger partial charge in [0.1, 0.15) is 23.2 Å². The topological polar surface area (TPSA) is 62.5 Å². The zero-order valence-electron chi connectivity index (χ0n) is 9.71. The summed E-state index contributed by atoms with van der Waals surface area (Å²) in [6.07, 6.45) is 2.95. The highest BCUT2D eigenvalue weighted by Crippen LogP contribution is 2.29. The second-order valence-electron chi connectivity index (χ2n) is 3.92. The van der Waals surface area contributed by atoms with Gasteiger partial charge in [0.2, 0.25) is 0 Å². The van der Waals surface area contributed by atoms with Crippen LogP contribution in [0.2, 0.25) is 5.15 Å². The van der Waals surface area contributed by atoms with E-state index in [1.807, 2.05) is 30.3 Å². The molecule has 0 saturated heterocycles. The van der Waals surface area contributed by atoms with Crippen LogP contribution >= 0.6 is 11.6 Å². The summed E-state index contributed by atoms with van der Waals surface area (Å²) in [4.78, 5) is 12.2. The molecule has 0 spiro atoms. The average molecular weight is 267 g/mol. The molecule has 4 nitrogen and oxygen atoms in total. The van der Waals surface area contributed by atoms with Crippen molar-refractivity contribution in [3.8, 4) is 17.2 Å². The van der Waals surface area contributed by atoms with Gasteiger partial charge in [-0.25, -0.2) is 15.0 Å². The van der Waals surface area contributed by atoms with Crippen molar-refractivity contribution >= 4 is 22.5 Å². The number of halogens is 1.